The number of benzene rings is 1. The molecule has 0 saturated heterocycles. The van der Waals surface area contributed by atoms with Gasteiger partial charge in [-0.1, -0.05) is 6.07 Å². The lowest BCUT2D eigenvalue weighted by Gasteiger charge is -2.10. The second-order valence-electron chi connectivity index (χ2n) is 7.49. The average molecular weight is 471 g/mol. The van der Waals surface area contributed by atoms with Gasteiger partial charge in [0, 0.05) is 31.1 Å². The fraction of sp³-hybridized carbons (Fsp3) is 0.227. The third kappa shape index (κ3) is 5.39. The van der Waals surface area contributed by atoms with Crippen LogP contribution in [0, 0.1) is 13.8 Å². The molecule has 1 aromatic carbocycles. The van der Waals surface area contributed by atoms with Gasteiger partial charge in [-0.05, 0) is 43.0 Å². The first-order valence-electron chi connectivity index (χ1n) is 10.2. The summed E-state index contributed by atoms with van der Waals surface area (Å²) in [7, 11) is 0. The Morgan fingerprint density at radius 3 is 2.71 bits per heavy atom. The van der Waals surface area contributed by atoms with Crippen LogP contribution in [0.5, 0.6) is 0 Å². The summed E-state index contributed by atoms with van der Waals surface area (Å²) in [5.41, 5.74) is 2.24. The number of anilines is 3. The van der Waals surface area contributed by atoms with Gasteiger partial charge >= 0.3 is 6.18 Å². The standard InChI is InChI=1S/C22H20F3N7O2/c1-12-3-5-15(29-21(33)19-20(22(23,24)25)34-13(2)28-19)9-14(12)4-6-16-10-17(32-31-16)30-18-11-26-7-8-27-18/h3,5,7-11H,4,6H2,1-2H3,(H,29,33)(H2,27,30,31,32). The lowest BCUT2D eigenvalue weighted by molar-refractivity contribution is -0.153. The number of aromatic amines is 1. The Labute approximate surface area is 191 Å². The summed E-state index contributed by atoms with van der Waals surface area (Å²) in [6.07, 6.45) is 1.10. The van der Waals surface area contributed by atoms with Crippen molar-refractivity contribution in [1.29, 1.82) is 0 Å². The zero-order valence-electron chi connectivity index (χ0n) is 18.2. The number of alkyl halides is 3. The van der Waals surface area contributed by atoms with E-state index < -0.39 is 23.5 Å². The molecule has 0 aliphatic rings. The van der Waals surface area contributed by atoms with E-state index in [1.165, 1.54) is 6.92 Å². The predicted octanol–water partition coefficient (Wildman–Crippen LogP) is 4.60. The Morgan fingerprint density at radius 2 is 1.97 bits per heavy atom. The van der Waals surface area contributed by atoms with Gasteiger partial charge in [0.1, 0.15) is 11.6 Å². The minimum Gasteiger partial charge on any atom is -0.436 e. The molecule has 0 atom stereocenters. The Balaban J connectivity index is 1.43. The highest BCUT2D eigenvalue weighted by Gasteiger charge is 2.41. The van der Waals surface area contributed by atoms with Crippen molar-refractivity contribution in [2.45, 2.75) is 32.9 Å². The molecule has 4 rings (SSSR count). The molecule has 0 aliphatic heterocycles. The van der Waals surface area contributed by atoms with Crippen molar-refractivity contribution in [2.75, 3.05) is 10.6 Å². The zero-order chi connectivity index (χ0) is 24.3. The predicted molar refractivity (Wildman–Crippen MR) is 117 cm³/mol. The Kier molecular flexibility index (Phi) is 6.30. The van der Waals surface area contributed by atoms with Crippen LogP contribution < -0.4 is 10.6 Å². The number of aryl methyl sites for hydroxylation is 4. The second-order valence-corrected chi connectivity index (χ2v) is 7.49. The monoisotopic (exact) mass is 471 g/mol. The Hall–Kier alpha value is -4.22. The number of H-pyrrole nitrogens is 1. The molecule has 4 aromatic rings. The molecule has 0 saturated carbocycles. The van der Waals surface area contributed by atoms with Gasteiger partial charge < -0.3 is 15.1 Å². The smallest absolute Gasteiger partial charge is 0.436 e. The van der Waals surface area contributed by atoms with Crippen LogP contribution in [0.15, 0.2) is 47.3 Å². The molecule has 9 nitrogen and oxygen atoms in total. The van der Waals surface area contributed by atoms with E-state index in [-0.39, 0.29) is 5.89 Å². The number of carbonyl (C=O) groups is 1. The van der Waals surface area contributed by atoms with Crippen LogP contribution in [0.4, 0.5) is 30.5 Å². The molecule has 3 N–H and O–H groups in total. The number of hydrogen-bond acceptors (Lipinski definition) is 7. The van der Waals surface area contributed by atoms with Crippen LogP contribution in [-0.2, 0) is 19.0 Å². The lowest BCUT2D eigenvalue weighted by Crippen LogP contribution is -2.18. The first-order valence-corrected chi connectivity index (χ1v) is 10.2. The topological polar surface area (TPSA) is 122 Å². The summed E-state index contributed by atoms with van der Waals surface area (Å²) in [5.74, 6) is -1.41. The quantitative estimate of drug-likeness (QED) is 0.360. The SMILES string of the molecule is Cc1nc(C(=O)Nc2ccc(C)c(CCc3cc(Nc4cnccn4)[nH]n3)c2)c(C(F)(F)F)o1. The van der Waals surface area contributed by atoms with Crippen LogP contribution in [-0.4, -0.2) is 31.1 Å². The van der Waals surface area contributed by atoms with Crippen molar-refractivity contribution in [3.8, 4) is 0 Å². The Morgan fingerprint density at radius 1 is 1.15 bits per heavy atom. The van der Waals surface area contributed by atoms with Crippen molar-refractivity contribution in [2.24, 2.45) is 0 Å². The normalized spacial score (nSPS) is 11.4. The molecule has 0 aliphatic carbocycles. The summed E-state index contributed by atoms with van der Waals surface area (Å²) >= 11 is 0. The highest BCUT2D eigenvalue weighted by atomic mass is 19.4. The first-order chi connectivity index (χ1) is 16.2. The number of halogens is 3. The number of carbonyl (C=O) groups excluding carboxylic acids is 1. The van der Waals surface area contributed by atoms with Gasteiger partial charge in [-0.15, -0.1) is 0 Å². The lowest BCUT2D eigenvalue weighted by atomic mass is 10.0. The molecule has 34 heavy (non-hydrogen) atoms. The maximum atomic E-state index is 13.1. The number of aromatic nitrogens is 5. The van der Waals surface area contributed by atoms with Gasteiger partial charge in [-0.2, -0.15) is 18.3 Å². The van der Waals surface area contributed by atoms with E-state index >= 15 is 0 Å². The number of nitrogens with zero attached hydrogens (tertiary/aromatic N) is 4. The largest absolute Gasteiger partial charge is 0.452 e. The van der Waals surface area contributed by atoms with Crippen molar-refractivity contribution in [3.05, 3.63) is 77.0 Å². The van der Waals surface area contributed by atoms with Crippen LogP contribution in [0.2, 0.25) is 0 Å². The van der Waals surface area contributed by atoms with Crippen molar-refractivity contribution in [3.63, 3.8) is 0 Å². The minimum absolute atomic E-state index is 0.241. The molecule has 1 amide bonds. The van der Waals surface area contributed by atoms with Crippen LogP contribution >= 0.6 is 0 Å². The molecule has 0 fully saturated rings. The molecular formula is C22H20F3N7O2. The first kappa shape index (κ1) is 23.0. The summed E-state index contributed by atoms with van der Waals surface area (Å²) in [6.45, 7) is 3.16. The zero-order valence-corrected chi connectivity index (χ0v) is 18.2. The summed E-state index contributed by atoms with van der Waals surface area (Å²) in [4.78, 5) is 24.2. The maximum Gasteiger partial charge on any atom is 0.452 e. The minimum atomic E-state index is -4.82. The van der Waals surface area contributed by atoms with E-state index in [0.717, 1.165) is 16.8 Å². The second kappa shape index (κ2) is 9.33. The van der Waals surface area contributed by atoms with E-state index in [1.54, 1.807) is 36.8 Å². The average Bonchev–Trinajstić information content (AvgIpc) is 3.41. The molecule has 0 radical (unpaired) electrons. The van der Waals surface area contributed by atoms with Gasteiger partial charge in [0.15, 0.2) is 11.6 Å². The number of hydrogen-bond donors (Lipinski definition) is 3. The fourth-order valence-corrected chi connectivity index (χ4v) is 3.30. The highest BCUT2D eigenvalue weighted by Crippen LogP contribution is 2.33. The van der Waals surface area contributed by atoms with E-state index in [4.69, 9.17) is 0 Å². The summed E-state index contributed by atoms with van der Waals surface area (Å²) in [5, 5.41) is 12.7. The number of oxazole rings is 1. The Bertz CT molecular complexity index is 1300. The van der Waals surface area contributed by atoms with Crippen LogP contribution in [0.3, 0.4) is 0 Å². The third-order valence-electron chi connectivity index (χ3n) is 4.92. The fourth-order valence-electron chi connectivity index (χ4n) is 3.30. The summed E-state index contributed by atoms with van der Waals surface area (Å²) in [6, 6.07) is 6.98. The van der Waals surface area contributed by atoms with E-state index in [2.05, 4.69) is 40.2 Å². The van der Waals surface area contributed by atoms with E-state index in [9.17, 15) is 18.0 Å². The van der Waals surface area contributed by atoms with Gasteiger partial charge in [0.05, 0.1) is 11.9 Å². The molecule has 0 spiro atoms. The molecule has 12 heteroatoms. The molecular weight excluding hydrogens is 451 g/mol. The molecule has 3 heterocycles. The number of rotatable bonds is 7. The van der Waals surface area contributed by atoms with Gasteiger partial charge in [0.2, 0.25) is 5.76 Å². The summed E-state index contributed by atoms with van der Waals surface area (Å²) < 4.78 is 44.0. The molecule has 3 aromatic heterocycles. The van der Waals surface area contributed by atoms with Crippen molar-refractivity contribution >= 4 is 23.2 Å². The van der Waals surface area contributed by atoms with Crippen LogP contribution in [0.1, 0.15) is 39.0 Å². The van der Waals surface area contributed by atoms with E-state index in [1.807, 2.05) is 13.0 Å². The molecule has 176 valence electrons. The third-order valence-corrected chi connectivity index (χ3v) is 4.92. The molecule has 0 bridgehead atoms. The van der Waals surface area contributed by atoms with Crippen LogP contribution in [0.25, 0.3) is 0 Å². The maximum absolute atomic E-state index is 13.1. The number of amides is 1. The van der Waals surface area contributed by atoms with Gasteiger partial charge in [-0.3, -0.25) is 14.9 Å². The highest BCUT2D eigenvalue weighted by molar-refractivity contribution is 6.03. The van der Waals surface area contributed by atoms with Gasteiger partial charge in [-0.25, -0.2) is 9.97 Å². The number of nitrogens with one attached hydrogen (secondary N) is 3. The van der Waals surface area contributed by atoms with Crippen molar-refractivity contribution in [1.82, 2.24) is 25.1 Å². The van der Waals surface area contributed by atoms with Crippen molar-refractivity contribution < 1.29 is 22.4 Å². The van der Waals surface area contributed by atoms with Gasteiger partial charge in [0.25, 0.3) is 5.91 Å². The molecule has 0 unspecified atom stereocenters. The van der Waals surface area contributed by atoms with E-state index in [0.29, 0.717) is 30.2 Å².